The molecule has 12 heavy (non-hydrogen) atoms. The molecular weight excluding hydrogens is 184 g/mol. The average molecular weight is 193 g/mol. The monoisotopic (exact) mass is 192 g/mol. The molecule has 2 aliphatic rings. The Hall–Kier alpha value is -0.320. The van der Waals surface area contributed by atoms with Gasteiger partial charge in [-0.3, -0.25) is 4.79 Å². The van der Waals surface area contributed by atoms with Crippen molar-refractivity contribution in [2.45, 2.75) is 30.4 Å². The van der Waals surface area contributed by atoms with Gasteiger partial charge in [-0.1, -0.05) is 0 Å². The van der Waals surface area contributed by atoms with Crippen LogP contribution in [0.4, 0.5) is 0 Å². The van der Waals surface area contributed by atoms with E-state index in [1.54, 1.807) is 0 Å². The second-order valence-electron chi connectivity index (χ2n) is 3.16. The van der Waals surface area contributed by atoms with Crippen molar-refractivity contribution in [2.24, 2.45) is 5.92 Å². The van der Waals surface area contributed by atoms with E-state index in [1.165, 1.54) is 0 Å². The number of carboxylic acids is 1. The molecule has 0 spiro atoms. The molecule has 2 fully saturated rings. The summed E-state index contributed by atoms with van der Waals surface area (Å²) in [7, 11) is 0. The number of fused-ring (bicyclic) bond motifs is 2. The fourth-order valence-electron chi connectivity index (χ4n) is 1.72. The van der Waals surface area contributed by atoms with Gasteiger partial charge in [0.1, 0.15) is 12.2 Å². The molecule has 0 aromatic heterocycles. The van der Waals surface area contributed by atoms with Crippen LogP contribution in [0, 0.1) is 5.92 Å². The largest absolute Gasteiger partial charge is 0.481 e. The fourth-order valence-corrected chi connectivity index (χ4v) is 2.11. The Bertz CT molecular complexity index is 208. The Balaban J connectivity index is 2.14. The molecule has 4 unspecified atom stereocenters. The van der Waals surface area contributed by atoms with Gasteiger partial charge in [0, 0.05) is 0 Å². The number of carboxylic acid groups (broad SMARTS) is 1. The maximum absolute atomic E-state index is 10.7. The standard InChI is InChI=1S/C7H9ClO4/c8-5-4-2-1-3(7(9)10)6(5)12-11-4/h3-6H,1-2H2,(H,9,10). The van der Waals surface area contributed by atoms with Crippen LogP contribution in [0.25, 0.3) is 0 Å². The molecule has 1 N–H and O–H groups in total. The van der Waals surface area contributed by atoms with Crippen LogP contribution in [-0.2, 0) is 14.6 Å². The summed E-state index contributed by atoms with van der Waals surface area (Å²) in [6.45, 7) is 0. The third-order valence-corrected chi connectivity index (χ3v) is 2.96. The molecule has 1 aliphatic heterocycles. The van der Waals surface area contributed by atoms with E-state index in [9.17, 15) is 4.79 Å². The Morgan fingerprint density at radius 2 is 2.17 bits per heavy atom. The van der Waals surface area contributed by atoms with Gasteiger partial charge in [-0.2, -0.15) is 0 Å². The average Bonchev–Trinajstić information content (AvgIpc) is 2.32. The van der Waals surface area contributed by atoms with E-state index in [2.05, 4.69) is 0 Å². The molecule has 2 rings (SSSR count). The molecule has 68 valence electrons. The Morgan fingerprint density at radius 3 is 2.83 bits per heavy atom. The topological polar surface area (TPSA) is 55.8 Å². The Labute approximate surface area is 74.3 Å². The Morgan fingerprint density at radius 1 is 1.42 bits per heavy atom. The van der Waals surface area contributed by atoms with Gasteiger partial charge in [0.15, 0.2) is 0 Å². The van der Waals surface area contributed by atoms with Crippen molar-refractivity contribution in [3.8, 4) is 0 Å². The van der Waals surface area contributed by atoms with Crippen LogP contribution >= 0.6 is 11.6 Å². The maximum atomic E-state index is 10.7. The lowest BCUT2D eigenvalue weighted by molar-refractivity contribution is -0.294. The van der Waals surface area contributed by atoms with E-state index in [4.69, 9.17) is 26.5 Å². The van der Waals surface area contributed by atoms with Gasteiger partial charge in [0.25, 0.3) is 0 Å². The summed E-state index contributed by atoms with van der Waals surface area (Å²) in [5.41, 5.74) is 0. The molecule has 5 heteroatoms. The smallest absolute Gasteiger partial charge is 0.309 e. The minimum absolute atomic E-state index is 0.118. The van der Waals surface area contributed by atoms with Crippen LogP contribution in [0.15, 0.2) is 0 Å². The van der Waals surface area contributed by atoms with Crippen molar-refractivity contribution in [3.63, 3.8) is 0 Å². The highest BCUT2D eigenvalue weighted by molar-refractivity contribution is 6.21. The van der Waals surface area contributed by atoms with Crippen LogP contribution < -0.4 is 0 Å². The molecule has 0 aromatic rings. The number of halogens is 1. The van der Waals surface area contributed by atoms with Gasteiger partial charge in [-0.15, -0.1) is 11.6 Å². The first-order valence-corrected chi connectivity index (χ1v) is 4.33. The lowest BCUT2D eigenvalue weighted by atomic mass is 9.85. The van der Waals surface area contributed by atoms with E-state index in [0.29, 0.717) is 12.8 Å². The molecule has 4 atom stereocenters. The minimum atomic E-state index is -0.852. The lowest BCUT2D eigenvalue weighted by Gasteiger charge is -2.24. The number of hydrogen-bond donors (Lipinski definition) is 1. The molecular formula is C7H9ClO4. The minimum Gasteiger partial charge on any atom is -0.481 e. The molecule has 1 aliphatic carbocycles. The quantitative estimate of drug-likeness (QED) is 0.493. The zero-order valence-corrected chi connectivity index (χ0v) is 7.03. The third-order valence-electron chi connectivity index (χ3n) is 2.44. The maximum Gasteiger partial charge on any atom is 0.309 e. The van der Waals surface area contributed by atoms with Gasteiger partial charge < -0.3 is 5.11 Å². The summed E-state index contributed by atoms with van der Waals surface area (Å²) in [5.74, 6) is -1.36. The van der Waals surface area contributed by atoms with Crippen LogP contribution in [0.5, 0.6) is 0 Å². The van der Waals surface area contributed by atoms with E-state index in [-0.39, 0.29) is 11.5 Å². The second kappa shape index (κ2) is 2.87. The first kappa shape index (κ1) is 8.29. The predicted molar refractivity (Wildman–Crippen MR) is 39.7 cm³/mol. The van der Waals surface area contributed by atoms with Gasteiger partial charge in [-0.25, -0.2) is 9.78 Å². The van der Waals surface area contributed by atoms with Crippen molar-refractivity contribution in [1.29, 1.82) is 0 Å². The SMILES string of the molecule is O=C(O)C1CCC2OOC1C2Cl. The summed E-state index contributed by atoms with van der Waals surface area (Å²) < 4.78 is 0. The highest BCUT2D eigenvalue weighted by atomic mass is 35.5. The van der Waals surface area contributed by atoms with Crippen LogP contribution in [0.3, 0.4) is 0 Å². The van der Waals surface area contributed by atoms with Crippen LogP contribution in [-0.4, -0.2) is 28.7 Å². The van der Waals surface area contributed by atoms with Crippen molar-refractivity contribution < 1.29 is 19.7 Å². The molecule has 4 nitrogen and oxygen atoms in total. The molecule has 1 heterocycles. The highest BCUT2D eigenvalue weighted by Gasteiger charge is 2.49. The first-order valence-electron chi connectivity index (χ1n) is 3.89. The number of alkyl halides is 1. The molecule has 1 saturated carbocycles. The second-order valence-corrected chi connectivity index (χ2v) is 3.67. The molecule has 0 amide bonds. The summed E-state index contributed by atoms with van der Waals surface area (Å²) >= 11 is 5.91. The van der Waals surface area contributed by atoms with E-state index < -0.39 is 18.0 Å². The van der Waals surface area contributed by atoms with Crippen LogP contribution in [0.1, 0.15) is 12.8 Å². The number of hydrogen-bond acceptors (Lipinski definition) is 3. The predicted octanol–water partition coefficient (Wildman–Crippen LogP) is 0.787. The van der Waals surface area contributed by atoms with Gasteiger partial charge >= 0.3 is 5.97 Å². The van der Waals surface area contributed by atoms with Gasteiger partial charge in [-0.05, 0) is 12.8 Å². The molecule has 0 radical (unpaired) electrons. The van der Waals surface area contributed by atoms with Crippen molar-refractivity contribution in [3.05, 3.63) is 0 Å². The van der Waals surface area contributed by atoms with E-state index in [0.717, 1.165) is 0 Å². The third kappa shape index (κ3) is 1.11. The van der Waals surface area contributed by atoms with Crippen molar-refractivity contribution >= 4 is 17.6 Å². The lowest BCUT2D eigenvalue weighted by Crippen LogP contribution is -2.40. The Kier molecular flexibility index (Phi) is 1.98. The summed E-state index contributed by atoms with van der Waals surface area (Å²) in [6.07, 6.45) is 0.672. The summed E-state index contributed by atoms with van der Waals surface area (Å²) in [4.78, 5) is 20.4. The molecule has 1 saturated heterocycles. The van der Waals surface area contributed by atoms with E-state index >= 15 is 0 Å². The van der Waals surface area contributed by atoms with Crippen LogP contribution in [0.2, 0.25) is 0 Å². The fraction of sp³-hybridized carbons (Fsp3) is 0.857. The first-order chi connectivity index (χ1) is 5.70. The zero-order valence-electron chi connectivity index (χ0n) is 6.27. The zero-order chi connectivity index (χ0) is 8.72. The summed E-state index contributed by atoms with van der Waals surface area (Å²) in [5, 5.41) is 8.48. The summed E-state index contributed by atoms with van der Waals surface area (Å²) in [6, 6.07) is 0. The molecule has 0 aromatic carbocycles. The van der Waals surface area contributed by atoms with Crippen molar-refractivity contribution in [2.75, 3.05) is 0 Å². The number of aliphatic carboxylic acids is 1. The van der Waals surface area contributed by atoms with Gasteiger partial charge in [0.05, 0.1) is 11.3 Å². The van der Waals surface area contributed by atoms with Gasteiger partial charge in [0.2, 0.25) is 0 Å². The normalized spacial score (nSPS) is 46.1. The van der Waals surface area contributed by atoms with Crippen molar-refractivity contribution in [1.82, 2.24) is 0 Å². The highest BCUT2D eigenvalue weighted by Crippen LogP contribution is 2.38. The van der Waals surface area contributed by atoms with E-state index in [1.807, 2.05) is 0 Å². The number of carbonyl (C=O) groups is 1. The number of rotatable bonds is 1. The molecule has 2 bridgehead atoms.